The van der Waals surface area contributed by atoms with Crippen molar-refractivity contribution in [2.75, 3.05) is 18.5 Å². The molecule has 0 saturated carbocycles. The molecule has 22 heavy (non-hydrogen) atoms. The molecule has 0 radical (unpaired) electrons. The topological polar surface area (TPSA) is 86.3 Å². The van der Waals surface area contributed by atoms with Crippen LogP contribution in [0, 0.1) is 0 Å². The van der Waals surface area contributed by atoms with Gasteiger partial charge in [-0.1, -0.05) is 6.07 Å². The summed E-state index contributed by atoms with van der Waals surface area (Å²) in [4.78, 5) is 12.0. The quantitative estimate of drug-likeness (QED) is 0.750. The zero-order chi connectivity index (χ0) is 14.9. The van der Waals surface area contributed by atoms with Gasteiger partial charge in [-0.05, 0) is 18.2 Å². The van der Waals surface area contributed by atoms with Gasteiger partial charge in [0.15, 0.2) is 5.65 Å². The summed E-state index contributed by atoms with van der Waals surface area (Å²) in [5.41, 5.74) is 0.617. The monoisotopic (exact) mass is 298 g/mol. The first-order valence-electron chi connectivity index (χ1n) is 7.01. The summed E-state index contributed by atoms with van der Waals surface area (Å²) in [6, 6.07) is 8.54. The van der Waals surface area contributed by atoms with E-state index in [9.17, 15) is 4.79 Å². The highest BCUT2D eigenvalue weighted by molar-refractivity contribution is 5.45. The number of aromatic nitrogens is 5. The third kappa shape index (κ3) is 2.13. The minimum atomic E-state index is -0.176. The van der Waals surface area contributed by atoms with Crippen LogP contribution in [0.5, 0.6) is 0 Å². The van der Waals surface area contributed by atoms with Gasteiger partial charge in [0.1, 0.15) is 6.04 Å². The van der Waals surface area contributed by atoms with Crippen molar-refractivity contribution < 1.29 is 4.74 Å². The van der Waals surface area contributed by atoms with Crippen LogP contribution in [-0.4, -0.2) is 43.6 Å². The minimum Gasteiger partial charge on any atom is -0.377 e. The third-order valence-corrected chi connectivity index (χ3v) is 3.73. The van der Waals surface area contributed by atoms with Crippen molar-refractivity contribution in [2.24, 2.45) is 0 Å². The average Bonchev–Trinajstić information content (AvgIpc) is 3.16. The first-order chi connectivity index (χ1) is 10.8. The summed E-state index contributed by atoms with van der Waals surface area (Å²) < 4.78 is 8.83. The Kier molecular flexibility index (Phi) is 3.08. The lowest BCUT2D eigenvalue weighted by Crippen LogP contribution is -2.37. The summed E-state index contributed by atoms with van der Waals surface area (Å²) in [5.74, 6) is 0.625. The molecule has 1 saturated heterocycles. The fourth-order valence-electron chi connectivity index (χ4n) is 2.65. The molecule has 1 aliphatic rings. The zero-order valence-electron chi connectivity index (χ0n) is 11.7. The van der Waals surface area contributed by atoms with E-state index in [1.165, 1.54) is 10.7 Å². The number of pyridine rings is 1. The minimum absolute atomic E-state index is 0.0970. The largest absolute Gasteiger partial charge is 0.377 e. The predicted molar refractivity (Wildman–Crippen MR) is 78.8 cm³/mol. The van der Waals surface area contributed by atoms with Crippen LogP contribution < -0.4 is 10.9 Å². The van der Waals surface area contributed by atoms with E-state index < -0.39 is 0 Å². The SMILES string of the molecule is O=c1cccnn1C1COCC1Nc1nnc2ccccn12. The molecule has 1 aliphatic heterocycles. The molecule has 2 unspecified atom stereocenters. The number of anilines is 1. The number of rotatable bonds is 3. The zero-order valence-corrected chi connectivity index (χ0v) is 11.7. The second-order valence-electron chi connectivity index (χ2n) is 5.11. The summed E-state index contributed by atoms with van der Waals surface area (Å²) >= 11 is 0. The molecular formula is C14H14N6O2. The molecule has 3 aromatic rings. The highest BCUT2D eigenvalue weighted by Gasteiger charge is 2.32. The molecule has 4 heterocycles. The lowest BCUT2D eigenvalue weighted by atomic mass is 10.2. The molecule has 0 bridgehead atoms. The average molecular weight is 298 g/mol. The summed E-state index contributed by atoms with van der Waals surface area (Å²) in [6.07, 6.45) is 3.48. The Hall–Kier alpha value is -2.74. The molecule has 8 heteroatoms. The van der Waals surface area contributed by atoms with Crippen LogP contribution in [0.15, 0.2) is 47.5 Å². The van der Waals surface area contributed by atoms with Crippen molar-refractivity contribution in [3.63, 3.8) is 0 Å². The van der Waals surface area contributed by atoms with Gasteiger partial charge < -0.3 is 10.1 Å². The number of fused-ring (bicyclic) bond motifs is 1. The first kappa shape index (κ1) is 13.0. The van der Waals surface area contributed by atoms with Crippen molar-refractivity contribution in [3.8, 4) is 0 Å². The van der Waals surface area contributed by atoms with Gasteiger partial charge in [-0.2, -0.15) is 5.10 Å². The van der Waals surface area contributed by atoms with Crippen LogP contribution in [0.3, 0.4) is 0 Å². The second-order valence-corrected chi connectivity index (χ2v) is 5.11. The van der Waals surface area contributed by atoms with Gasteiger partial charge in [0.05, 0.1) is 19.3 Å². The maximum absolute atomic E-state index is 12.0. The molecule has 2 atom stereocenters. The van der Waals surface area contributed by atoms with Gasteiger partial charge in [0.25, 0.3) is 5.56 Å². The molecule has 8 nitrogen and oxygen atoms in total. The molecule has 0 aliphatic carbocycles. The normalized spacial score (nSPS) is 21.3. The second kappa shape index (κ2) is 5.23. The molecule has 0 aromatic carbocycles. The van der Waals surface area contributed by atoms with E-state index in [1.807, 2.05) is 28.8 Å². The van der Waals surface area contributed by atoms with E-state index >= 15 is 0 Å². The number of hydrogen-bond donors (Lipinski definition) is 1. The van der Waals surface area contributed by atoms with E-state index in [-0.39, 0.29) is 17.6 Å². The number of ether oxygens (including phenoxy) is 1. The van der Waals surface area contributed by atoms with E-state index in [0.29, 0.717) is 19.2 Å². The van der Waals surface area contributed by atoms with Crippen LogP contribution in [0.1, 0.15) is 6.04 Å². The van der Waals surface area contributed by atoms with E-state index in [1.54, 1.807) is 12.3 Å². The Morgan fingerprint density at radius 2 is 2.14 bits per heavy atom. The Balaban J connectivity index is 1.65. The van der Waals surface area contributed by atoms with Crippen molar-refractivity contribution >= 4 is 11.6 Å². The van der Waals surface area contributed by atoms with Gasteiger partial charge >= 0.3 is 0 Å². The van der Waals surface area contributed by atoms with Gasteiger partial charge in [-0.3, -0.25) is 9.20 Å². The lowest BCUT2D eigenvalue weighted by molar-refractivity contribution is 0.182. The molecule has 3 aromatic heterocycles. The lowest BCUT2D eigenvalue weighted by Gasteiger charge is -2.19. The van der Waals surface area contributed by atoms with Crippen molar-refractivity contribution in [1.82, 2.24) is 24.4 Å². The Morgan fingerprint density at radius 1 is 1.18 bits per heavy atom. The van der Waals surface area contributed by atoms with Crippen LogP contribution in [0.25, 0.3) is 5.65 Å². The summed E-state index contributed by atoms with van der Waals surface area (Å²) in [7, 11) is 0. The van der Waals surface area contributed by atoms with Gasteiger partial charge in [0.2, 0.25) is 5.95 Å². The molecule has 1 N–H and O–H groups in total. The predicted octanol–water partition coefficient (Wildman–Crippen LogP) is 0.338. The summed E-state index contributed by atoms with van der Waals surface area (Å²) in [6.45, 7) is 0.917. The Labute approximate surface area is 125 Å². The van der Waals surface area contributed by atoms with Gasteiger partial charge in [-0.15, -0.1) is 10.2 Å². The molecular weight excluding hydrogens is 284 g/mol. The fraction of sp³-hybridized carbons (Fsp3) is 0.286. The molecule has 0 amide bonds. The summed E-state index contributed by atoms with van der Waals surface area (Å²) in [5, 5.41) is 15.7. The van der Waals surface area contributed by atoms with Crippen LogP contribution in [-0.2, 0) is 4.74 Å². The van der Waals surface area contributed by atoms with E-state index in [4.69, 9.17) is 4.74 Å². The number of nitrogens with one attached hydrogen (secondary N) is 1. The van der Waals surface area contributed by atoms with Crippen molar-refractivity contribution in [3.05, 3.63) is 53.1 Å². The smallest absolute Gasteiger partial charge is 0.267 e. The van der Waals surface area contributed by atoms with Gasteiger partial charge in [0, 0.05) is 18.5 Å². The van der Waals surface area contributed by atoms with Crippen LogP contribution in [0.4, 0.5) is 5.95 Å². The molecule has 112 valence electrons. The number of nitrogens with zero attached hydrogens (tertiary/aromatic N) is 5. The molecule has 1 fully saturated rings. The maximum atomic E-state index is 12.0. The van der Waals surface area contributed by atoms with Crippen molar-refractivity contribution in [1.29, 1.82) is 0 Å². The third-order valence-electron chi connectivity index (χ3n) is 3.73. The van der Waals surface area contributed by atoms with Crippen LogP contribution >= 0.6 is 0 Å². The van der Waals surface area contributed by atoms with Crippen LogP contribution in [0.2, 0.25) is 0 Å². The molecule has 0 spiro atoms. The van der Waals surface area contributed by atoms with E-state index in [0.717, 1.165) is 5.65 Å². The highest BCUT2D eigenvalue weighted by Crippen LogP contribution is 2.21. The molecule has 4 rings (SSSR count). The maximum Gasteiger partial charge on any atom is 0.267 e. The Morgan fingerprint density at radius 3 is 3.05 bits per heavy atom. The van der Waals surface area contributed by atoms with E-state index in [2.05, 4.69) is 20.6 Å². The number of hydrogen-bond acceptors (Lipinski definition) is 6. The fourth-order valence-corrected chi connectivity index (χ4v) is 2.65. The highest BCUT2D eigenvalue weighted by atomic mass is 16.5. The van der Waals surface area contributed by atoms with Gasteiger partial charge in [-0.25, -0.2) is 4.68 Å². The Bertz CT molecular complexity index is 857. The van der Waals surface area contributed by atoms with Crippen molar-refractivity contribution in [2.45, 2.75) is 12.1 Å². The first-order valence-corrected chi connectivity index (χ1v) is 7.01. The standard InChI is InChI=1S/C14H14N6O2/c21-13-5-3-6-15-20(13)11-9-22-8-10(11)16-14-18-17-12-4-1-2-7-19(12)14/h1-7,10-11H,8-9H2,(H,16,18).